The maximum absolute atomic E-state index is 13.7. The lowest BCUT2D eigenvalue weighted by atomic mass is 9.84. The Hall–Kier alpha value is -1.62. The molecule has 2 rings (SSSR count). The van der Waals surface area contributed by atoms with Gasteiger partial charge in [-0.1, -0.05) is 32.1 Å². The van der Waals surface area contributed by atoms with Gasteiger partial charge in [0.05, 0.1) is 0 Å². The Morgan fingerprint density at radius 2 is 1.86 bits per heavy atom. The third-order valence-corrected chi connectivity index (χ3v) is 4.50. The lowest BCUT2D eigenvalue weighted by molar-refractivity contribution is -0.130. The molecule has 0 heterocycles. The Morgan fingerprint density at radius 3 is 2.41 bits per heavy atom. The molecule has 1 aliphatic rings. The summed E-state index contributed by atoms with van der Waals surface area (Å²) < 4.78 is 13.7. The topological polar surface area (TPSA) is 61.4 Å². The summed E-state index contributed by atoms with van der Waals surface area (Å²) in [5.74, 6) is -0.169. The third kappa shape index (κ3) is 4.19. The van der Waals surface area contributed by atoms with Crippen LogP contribution in [0.3, 0.4) is 0 Å². The summed E-state index contributed by atoms with van der Waals surface area (Å²) in [7, 11) is 0. The molecular weight excluding hydrogens is 283 g/mol. The zero-order chi connectivity index (χ0) is 16.1. The number of carbonyl (C=O) groups excluding carboxylic acids is 1. The highest BCUT2D eigenvalue weighted by molar-refractivity contribution is 5.83. The second kappa shape index (κ2) is 7.58. The summed E-state index contributed by atoms with van der Waals surface area (Å²) in [6.45, 7) is 3.41. The maximum Gasteiger partial charge on any atom is 0.265 e. The zero-order valence-corrected chi connectivity index (χ0v) is 13.3. The van der Waals surface area contributed by atoms with Crippen LogP contribution in [-0.2, 0) is 4.79 Å². The van der Waals surface area contributed by atoms with Crippen LogP contribution in [0.15, 0.2) is 12.1 Å². The Bertz CT molecular complexity index is 504. The molecule has 1 aliphatic carbocycles. The van der Waals surface area contributed by atoms with Crippen molar-refractivity contribution in [3.8, 4) is 0 Å². The van der Waals surface area contributed by atoms with Crippen LogP contribution >= 0.6 is 0 Å². The Labute approximate surface area is 131 Å². The molecule has 1 amide bonds. The number of aryl methyl sites for hydroxylation is 2. The summed E-state index contributed by atoms with van der Waals surface area (Å²) in [5, 5.41) is 12.1. The Balaban J connectivity index is 2.10. The van der Waals surface area contributed by atoms with Gasteiger partial charge < -0.3 is 5.32 Å². The van der Waals surface area contributed by atoms with E-state index in [9.17, 15) is 9.18 Å². The molecule has 1 saturated carbocycles. The van der Waals surface area contributed by atoms with E-state index in [0.29, 0.717) is 29.2 Å². The van der Waals surface area contributed by atoms with E-state index in [-0.39, 0.29) is 5.82 Å². The van der Waals surface area contributed by atoms with E-state index < -0.39 is 11.9 Å². The van der Waals surface area contributed by atoms with Gasteiger partial charge in [0.2, 0.25) is 0 Å². The summed E-state index contributed by atoms with van der Waals surface area (Å²) >= 11 is 0. The van der Waals surface area contributed by atoms with E-state index in [0.717, 1.165) is 12.8 Å². The van der Waals surface area contributed by atoms with Crippen LogP contribution in [0.2, 0.25) is 0 Å². The molecule has 0 saturated heterocycles. The molecule has 0 unspecified atom stereocenters. The second-order valence-electron chi connectivity index (χ2n) is 6.34. The summed E-state index contributed by atoms with van der Waals surface area (Å²) in [4.78, 5) is 11.9. The largest absolute Gasteiger partial charge is 0.374 e. The fourth-order valence-corrected chi connectivity index (χ4v) is 3.30. The highest BCUT2D eigenvalue weighted by atomic mass is 19.1. The smallest absolute Gasteiger partial charge is 0.265 e. The summed E-state index contributed by atoms with van der Waals surface area (Å²) in [5.41, 5.74) is 3.54. The Morgan fingerprint density at radius 1 is 1.27 bits per heavy atom. The van der Waals surface area contributed by atoms with Crippen molar-refractivity contribution in [1.82, 2.24) is 5.48 Å². The normalized spacial score (nSPS) is 17.1. The average Bonchev–Trinajstić information content (AvgIpc) is 2.52. The lowest BCUT2D eigenvalue weighted by Crippen LogP contribution is -2.39. The first-order valence-electron chi connectivity index (χ1n) is 7.98. The number of rotatable bonds is 5. The summed E-state index contributed by atoms with van der Waals surface area (Å²) in [6.07, 6.45) is 6.59. The number of amides is 1. The molecule has 4 nitrogen and oxygen atoms in total. The highest BCUT2D eigenvalue weighted by Crippen LogP contribution is 2.28. The maximum atomic E-state index is 13.7. The van der Waals surface area contributed by atoms with E-state index in [4.69, 9.17) is 5.21 Å². The molecule has 5 heteroatoms. The molecular formula is C17H25FN2O2. The van der Waals surface area contributed by atoms with Gasteiger partial charge in [0, 0.05) is 5.69 Å². The van der Waals surface area contributed by atoms with Crippen molar-refractivity contribution in [2.24, 2.45) is 5.92 Å². The van der Waals surface area contributed by atoms with Gasteiger partial charge in [0.1, 0.15) is 11.9 Å². The van der Waals surface area contributed by atoms with Gasteiger partial charge in [-0.25, -0.2) is 9.87 Å². The van der Waals surface area contributed by atoms with Crippen molar-refractivity contribution in [2.45, 2.75) is 58.4 Å². The van der Waals surface area contributed by atoms with E-state index in [1.54, 1.807) is 31.5 Å². The first-order valence-corrected chi connectivity index (χ1v) is 7.98. The molecule has 1 aromatic rings. The molecule has 0 spiro atoms. The number of hydroxylamine groups is 1. The average molecular weight is 308 g/mol. The fraction of sp³-hybridized carbons (Fsp3) is 0.588. The number of carbonyl (C=O) groups is 1. The van der Waals surface area contributed by atoms with Crippen molar-refractivity contribution >= 4 is 11.6 Å². The van der Waals surface area contributed by atoms with Crippen molar-refractivity contribution in [2.75, 3.05) is 5.32 Å². The predicted molar refractivity (Wildman–Crippen MR) is 84.4 cm³/mol. The van der Waals surface area contributed by atoms with Crippen LogP contribution in [0.25, 0.3) is 0 Å². The summed E-state index contributed by atoms with van der Waals surface area (Å²) in [6, 6.07) is 2.89. The van der Waals surface area contributed by atoms with Gasteiger partial charge in [-0.2, -0.15) is 0 Å². The third-order valence-electron chi connectivity index (χ3n) is 4.50. The van der Waals surface area contributed by atoms with Gasteiger partial charge in [-0.3, -0.25) is 10.0 Å². The number of nitrogens with one attached hydrogen (secondary N) is 2. The van der Waals surface area contributed by atoms with E-state index in [1.165, 1.54) is 19.3 Å². The van der Waals surface area contributed by atoms with Crippen molar-refractivity contribution in [1.29, 1.82) is 0 Å². The van der Waals surface area contributed by atoms with Crippen molar-refractivity contribution in [3.05, 3.63) is 29.1 Å². The number of benzene rings is 1. The van der Waals surface area contributed by atoms with Crippen LogP contribution < -0.4 is 10.8 Å². The second-order valence-corrected chi connectivity index (χ2v) is 6.34. The highest BCUT2D eigenvalue weighted by Gasteiger charge is 2.24. The van der Waals surface area contributed by atoms with Crippen molar-refractivity contribution < 1.29 is 14.4 Å². The monoisotopic (exact) mass is 308 g/mol. The molecule has 0 aliphatic heterocycles. The van der Waals surface area contributed by atoms with Gasteiger partial charge in [-0.15, -0.1) is 0 Å². The van der Waals surface area contributed by atoms with Gasteiger partial charge >= 0.3 is 0 Å². The molecule has 122 valence electrons. The molecule has 0 radical (unpaired) electrons. The molecule has 0 aromatic heterocycles. The number of hydrogen-bond donors (Lipinski definition) is 3. The Kier molecular flexibility index (Phi) is 5.77. The van der Waals surface area contributed by atoms with E-state index in [1.807, 2.05) is 0 Å². The molecule has 0 bridgehead atoms. The zero-order valence-electron chi connectivity index (χ0n) is 13.3. The van der Waals surface area contributed by atoms with Crippen LogP contribution in [0.4, 0.5) is 10.1 Å². The lowest BCUT2D eigenvalue weighted by Gasteiger charge is -2.26. The molecule has 1 fully saturated rings. The predicted octanol–water partition coefficient (Wildman–Crippen LogP) is 3.70. The first kappa shape index (κ1) is 16.7. The fourth-order valence-electron chi connectivity index (χ4n) is 3.30. The van der Waals surface area contributed by atoms with Gasteiger partial charge in [0.25, 0.3) is 5.91 Å². The molecule has 3 N–H and O–H groups in total. The van der Waals surface area contributed by atoms with Crippen LogP contribution in [-0.4, -0.2) is 17.2 Å². The van der Waals surface area contributed by atoms with E-state index in [2.05, 4.69) is 5.32 Å². The molecule has 22 heavy (non-hydrogen) atoms. The standard InChI is InChI=1S/C17H25FN2O2/c1-11-8-14(9-12(2)16(11)18)19-15(17(21)20-22)10-13-6-4-3-5-7-13/h8-9,13,15,19,22H,3-7,10H2,1-2H3,(H,20,21)/t15-/m1/s1. The minimum atomic E-state index is -0.502. The van der Waals surface area contributed by atoms with Crippen LogP contribution in [0.1, 0.15) is 49.7 Å². The van der Waals surface area contributed by atoms with Crippen molar-refractivity contribution in [3.63, 3.8) is 0 Å². The minimum absolute atomic E-state index is 0.221. The quantitative estimate of drug-likeness (QED) is 0.574. The minimum Gasteiger partial charge on any atom is -0.374 e. The van der Waals surface area contributed by atoms with Crippen LogP contribution in [0.5, 0.6) is 0 Å². The van der Waals surface area contributed by atoms with Gasteiger partial charge in [-0.05, 0) is 49.4 Å². The number of anilines is 1. The molecule has 1 aromatic carbocycles. The van der Waals surface area contributed by atoms with Gasteiger partial charge in [0.15, 0.2) is 0 Å². The number of hydrogen-bond acceptors (Lipinski definition) is 3. The van der Waals surface area contributed by atoms with Crippen LogP contribution in [0, 0.1) is 25.6 Å². The number of halogens is 1. The SMILES string of the molecule is Cc1cc(N[C@H](CC2CCCCC2)C(=O)NO)cc(C)c1F. The van der Waals surface area contributed by atoms with E-state index >= 15 is 0 Å². The molecule has 1 atom stereocenters. The first-order chi connectivity index (χ1) is 10.5.